The molecule has 0 bridgehead atoms. The van der Waals surface area contributed by atoms with Gasteiger partial charge in [0.05, 0.1) is 6.54 Å². The molecule has 0 saturated heterocycles. The predicted octanol–water partition coefficient (Wildman–Crippen LogP) is 4.25. The first-order chi connectivity index (χ1) is 11.7. The summed E-state index contributed by atoms with van der Waals surface area (Å²) < 4.78 is 5.72. The monoisotopic (exact) mass is 321 g/mol. The minimum atomic E-state index is 0.123. The van der Waals surface area contributed by atoms with Crippen molar-refractivity contribution in [2.24, 2.45) is 0 Å². The number of carbonyl (C=O) groups excluding carboxylic acids is 1. The Morgan fingerprint density at radius 3 is 2.75 bits per heavy atom. The van der Waals surface area contributed by atoms with E-state index < -0.39 is 0 Å². The Kier molecular flexibility index (Phi) is 4.70. The minimum absolute atomic E-state index is 0.123. The SMILES string of the molecule is CCC(=O)c1cccc(NCc2nnc(-c3ccccc3C)o2)c1. The molecule has 3 aromatic rings. The quantitative estimate of drug-likeness (QED) is 0.687. The summed E-state index contributed by atoms with van der Waals surface area (Å²) in [6.45, 7) is 4.27. The van der Waals surface area contributed by atoms with Crippen molar-refractivity contribution >= 4 is 11.5 Å². The maximum absolute atomic E-state index is 11.8. The summed E-state index contributed by atoms with van der Waals surface area (Å²) in [5, 5.41) is 11.4. The number of benzene rings is 2. The zero-order valence-corrected chi connectivity index (χ0v) is 13.7. The number of Topliss-reactive ketones (excluding diaryl/α,β-unsaturated/α-hetero) is 1. The van der Waals surface area contributed by atoms with Gasteiger partial charge in [0.1, 0.15) is 0 Å². The zero-order chi connectivity index (χ0) is 16.9. The third-order valence-electron chi connectivity index (χ3n) is 3.79. The first-order valence-corrected chi connectivity index (χ1v) is 7.93. The molecule has 1 heterocycles. The molecule has 0 amide bonds. The van der Waals surface area contributed by atoms with E-state index in [4.69, 9.17) is 4.42 Å². The predicted molar refractivity (Wildman–Crippen MR) is 92.9 cm³/mol. The van der Waals surface area contributed by atoms with Crippen LogP contribution in [0.5, 0.6) is 0 Å². The molecule has 1 N–H and O–H groups in total. The minimum Gasteiger partial charge on any atom is -0.419 e. The summed E-state index contributed by atoms with van der Waals surface area (Å²) in [4.78, 5) is 11.8. The molecule has 0 saturated carbocycles. The van der Waals surface area contributed by atoms with Crippen molar-refractivity contribution in [1.82, 2.24) is 10.2 Å². The van der Waals surface area contributed by atoms with Crippen molar-refractivity contribution < 1.29 is 9.21 Å². The van der Waals surface area contributed by atoms with E-state index in [2.05, 4.69) is 15.5 Å². The number of ketones is 1. The zero-order valence-electron chi connectivity index (χ0n) is 13.7. The number of nitrogens with one attached hydrogen (secondary N) is 1. The molecular formula is C19H19N3O2. The molecule has 0 radical (unpaired) electrons. The summed E-state index contributed by atoms with van der Waals surface area (Å²) in [7, 11) is 0. The summed E-state index contributed by atoms with van der Waals surface area (Å²) in [5.41, 5.74) is 3.58. The highest BCUT2D eigenvalue weighted by molar-refractivity contribution is 5.96. The Morgan fingerprint density at radius 1 is 1.12 bits per heavy atom. The van der Waals surface area contributed by atoms with E-state index in [9.17, 15) is 4.79 Å². The van der Waals surface area contributed by atoms with E-state index in [1.165, 1.54) is 0 Å². The number of hydrogen-bond acceptors (Lipinski definition) is 5. The third kappa shape index (κ3) is 3.51. The first-order valence-electron chi connectivity index (χ1n) is 7.93. The van der Waals surface area contributed by atoms with Crippen molar-refractivity contribution in [3.05, 3.63) is 65.5 Å². The van der Waals surface area contributed by atoms with Crippen LogP contribution in [0.3, 0.4) is 0 Å². The van der Waals surface area contributed by atoms with E-state index in [1.54, 1.807) is 0 Å². The van der Waals surface area contributed by atoms with Gasteiger partial charge in [-0.05, 0) is 30.7 Å². The number of anilines is 1. The van der Waals surface area contributed by atoms with Crippen LogP contribution >= 0.6 is 0 Å². The molecule has 5 heteroatoms. The molecule has 1 aromatic heterocycles. The van der Waals surface area contributed by atoms with Crippen LogP contribution in [0, 0.1) is 6.92 Å². The molecule has 0 fully saturated rings. The van der Waals surface area contributed by atoms with E-state index in [0.29, 0.717) is 30.3 Å². The van der Waals surface area contributed by atoms with Crippen molar-refractivity contribution in [3.63, 3.8) is 0 Å². The Labute approximate surface area is 140 Å². The Morgan fingerprint density at radius 2 is 1.96 bits per heavy atom. The number of aryl methyl sites for hydroxylation is 1. The fourth-order valence-electron chi connectivity index (χ4n) is 2.43. The molecular weight excluding hydrogens is 302 g/mol. The van der Waals surface area contributed by atoms with Crippen LogP contribution in [-0.4, -0.2) is 16.0 Å². The summed E-state index contributed by atoms with van der Waals surface area (Å²) >= 11 is 0. The average molecular weight is 321 g/mol. The van der Waals surface area contributed by atoms with Crippen LogP contribution in [0.15, 0.2) is 52.9 Å². The molecule has 0 aliphatic rings. The highest BCUT2D eigenvalue weighted by Crippen LogP contribution is 2.22. The van der Waals surface area contributed by atoms with E-state index in [0.717, 1.165) is 16.8 Å². The van der Waals surface area contributed by atoms with Crippen LogP contribution in [0.2, 0.25) is 0 Å². The Hall–Kier alpha value is -2.95. The smallest absolute Gasteiger partial charge is 0.248 e. The second kappa shape index (κ2) is 7.08. The molecule has 3 rings (SSSR count). The van der Waals surface area contributed by atoms with Gasteiger partial charge in [0.2, 0.25) is 11.8 Å². The van der Waals surface area contributed by atoms with Gasteiger partial charge in [0.15, 0.2) is 5.78 Å². The van der Waals surface area contributed by atoms with Gasteiger partial charge < -0.3 is 9.73 Å². The highest BCUT2D eigenvalue weighted by Gasteiger charge is 2.10. The van der Waals surface area contributed by atoms with Gasteiger partial charge in [-0.1, -0.05) is 37.3 Å². The molecule has 0 atom stereocenters. The van der Waals surface area contributed by atoms with Crippen LogP contribution in [-0.2, 0) is 6.54 Å². The van der Waals surface area contributed by atoms with Gasteiger partial charge in [-0.3, -0.25) is 4.79 Å². The third-order valence-corrected chi connectivity index (χ3v) is 3.79. The largest absolute Gasteiger partial charge is 0.419 e. The second-order valence-corrected chi connectivity index (χ2v) is 5.53. The highest BCUT2D eigenvalue weighted by atomic mass is 16.4. The molecule has 0 aliphatic carbocycles. The number of aromatic nitrogens is 2. The van der Waals surface area contributed by atoms with Gasteiger partial charge in [-0.25, -0.2) is 0 Å². The fourth-order valence-corrected chi connectivity index (χ4v) is 2.43. The van der Waals surface area contributed by atoms with Crippen molar-refractivity contribution in [2.45, 2.75) is 26.8 Å². The van der Waals surface area contributed by atoms with E-state index >= 15 is 0 Å². The maximum atomic E-state index is 11.8. The van der Waals surface area contributed by atoms with Crippen LogP contribution < -0.4 is 5.32 Å². The van der Waals surface area contributed by atoms with Crippen molar-refractivity contribution in [2.75, 3.05) is 5.32 Å². The lowest BCUT2D eigenvalue weighted by Crippen LogP contribution is -2.02. The molecule has 2 aromatic carbocycles. The standard InChI is InChI=1S/C19H19N3O2/c1-3-17(23)14-8-6-9-15(11-14)20-12-18-21-22-19(24-18)16-10-5-4-7-13(16)2/h4-11,20H,3,12H2,1-2H3. The van der Waals surface area contributed by atoms with Crippen LogP contribution in [0.25, 0.3) is 11.5 Å². The first kappa shape index (κ1) is 15.9. The lowest BCUT2D eigenvalue weighted by molar-refractivity contribution is 0.0988. The lowest BCUT2D eigenvalue weighted by Gasteiger charge is -2.05. The number of carbonyl (C=O) groups is 1. The summed E-state index contributed by atoms with van der Waals surface area (Å²) in [6.07, 6.45) is 0.493. The number of nitrogens with zero attached hydrogens (tertiary/aromatic N) is 2. The summed E-state index contributed by atoms with van der Waals surface area (Å²) in [5.74, 6) is 1.14. The Bertz CT molecular complexity index is 855. The number of hydrogen-bond donors (Lipinski definition) is 1. The van der Waals surface area contributed by atoms with Crippen LogP contribution in [0.4, 0.5) is 5.69 Å². The van der Waals surface area contributed by atoms with Gasteiger partial charge in [-0.15, -0.1) is 10.2 Å². The Balaban J connectivity index is 1.70. The lowest BCUT2D eigenvalue weighted by atomic mass is 10.1. The number of rotatable bonds is 6. The van der Waals surface area contributed by atoms with Gasteiger partial charge in [-0.2, -0.15) is 0 Å². The van der Waals surface area contributed by atoms with Crippen molar-refractivity contribution in [3.8, 4) is 11.5 Å². The molecule has 0 unspecified atom stereocenters. The normalized spacial score (nSPS) is 10.6. The topological polar surface area (TPSA) is 68.0 Å². The van der Waals surface area contributed by atoms with E-state index in [-0.39, 0.29) is 5.78 Å². The molecule has 5 nitrogen and oxygen atoms in total. The van der Waals surface area contributed by atoms with Gasteiger partial charge in [0, 0.05) is 23.2 Å². The summed E-state index contributed by atoms with van der Waals surface area (Å²) in [6, 6.07) is 15.3. The second-order valence-electron chi connectivity index (χ2n) is 5.53. The van der Waals surface area contributed by atoms with Crippen LogP contribution in [0.1, 0.15) is 35.2 Å². The maximum Gasteiger partial charge on any atom is 0.248 e. The molecule has 122 valence electrons. The van der Waals surface area contributed by atoms with Crippen molar-refractivity contribution in [1.29, 1.82) is 0 Å². The average Bonchev–Trinajstić information content (AvgIpc) is 3.08. The molecule has 0 aliphatic heterocycles. The molecule has 24 heavy (non-hydrogen) atoms. The molecule has 0 spiro atoms. The fraction of sp³-hybridized carbons (Fsp3) is 0.211. The van der Waals surface area contributed by atoms with Gasteiger partial charge in [0.25, 0.3) is 0 Å². The van der Waals surface area contributed by atoms with E-state index in [1.807, 2.05) is 62.4 Å². The van der Waals surface area contributed by atoms with Gasteiger partial charge >= 0.3 is 0 Å².